The topological polar surface area (TPSA) is 74.3 Å². The average molecular weight is 452 g/mol. The molecule has 0 bridgehead atoms. The van der Waals surface area contributed by atoms with Crippen molar-refractivity contribution in [2.75, 3.05) is 29.9 Å². The van der Waals surface area contributed by atoms with E-state index in [0.29, 0.717) is 10.7 Å². The molecule has 1 saturated heterocycles. The highest BCUT2D eigenvalue weighted by atomic mass is 79.9. The van der Waals surface area contributed by atoms with E-state index in [9.17, 15) is 9.59 Å². The van der Waals surface area contributed by atoms with Crippen molar-refractivity contribution in [3.8, 4) is 0 Å². The molecule has 142 valence electrons. The highest BCUT2D eigenvalue weighted by Gasteiger charge is 2.25. The van der Waals surface area contributed by atoms with Crippen molar-refractivity contribution < 1.29 is 9.59 Å². The van der Waals surface area contributed by atoms with Crippen molar-refractivity contribution in [2.24, 2.45) is 5.92 Å². The van der Waals surface area contributed by atoms with E-state index in [1.54, 1.807) is 18.3 Å². The standard InChI is InChI=1S/C19H20BrClN4O2/c20-14-1-4-16(5-2-14)24-18(26)12-23-19(27)13-7-9-25(10-8-13)17-6-3-15(21)11-22-17/h1-6,11,13H,7-10,12H2,(H,23,27)(H,24,26). The van der Waals surface area contributed by atoms with Crippen molar-refractivity contribution in [3.63, 3.8) is 0 Å². The van der Waals surface area contributed by atoms with Crippen LogP contribution in [0.4, 0.5) is 11.5 Å². The summed E-state index contributed by atoms with van der Waals surface area (Å²) < 4.78 is 0.939. The van der Waals surface area contributed by atoms with E-state index >= 15 is 0 Å². The number of nitrogens with zero attached hydrogens (tertiary/aromatic N) is 2. The van der Waals surface area contributed by atoms with Gasteiger partial charge in [-0.05, 0) is 49.2 Å². The SMILES string of the molecule is O=C(CNC(=O)C1CCN(c2ccc(Cl)cn2)CC1)Nc1ccc(Br)cc1. The van der Waals surface area contributed by atoms with Gasteiger partial charge >= 0.3 is 0 Å². The largest absolute Gasteiger partial charge is 0.357 e. The molecule has 2 amide bonds. The van der Waals surface area contributed by atoms with Crippen molar-refractivity contribution in [3.05, 3.63) is 52.1 Å². The van der Waals surface area contributed by atoms with Gasteiger partial charge in [0, 0.05) is 35.4 Å². The molecular formula is C19H20BrClN4O2. The van der Waals surface area contributed by atoms with Gasteiger partial charge in [0.2, 0.25) is 11.8 Å². The molecule has 1 aromatic heterocycles. The summed E-state index contributed by atoms with van der Waals surface area (Å²) in [7, 11) is 0. The number of halogens is 2. The first-order valence-electron chi connectivity index (χ1n) is 8.71. The summed E-state index contributed by atoms with van der Waals surface area (Å²) in [6.45, 7) is 1.46. The number of piperidine rings is 1. The number of hydrogen-bond acceptors (Lipinski definition) is 4. The molecular weight excluding hydrogens is 432 g/mol. The average Bonchev–Trinajstić information content (AvgIpc) is 2.69. The number of hydrogen-bond donors (Lipinski definition) is 2. The van der Waals surface area contributed by atoms with Crippen LogP contribution in [-0.2, 0) is 9.59 Å². The van der Waals surface area contributed by atoms with Crippen LogP contribution in [-0.4, -0.2) is 36.4 Å². The third kappa shape index (κ3) is 5.68. The molecule has 27 heavy (non-hydrogen) atoms. The van der Waals surface area contributed by atoms with E-state index in [1.807, 2.05) is 24.3 Å². The Labute approximate surface area is 171 Å². The van der Waals surface area contributed by atoms with Gasteiger partial charge in [0.15, 0.2) is 0 Å². The van der Waals surface area contributed by atoms with Crippen molar-refractivity contribution in [1.82, 2.24) is 10.3 Å². The zero-order valence-corrected chi connectivity index (χ0v) is 17.0. The van der Waals surface area contributed by atoms with E-state index in [2.05, 4.69) is 36.4 Å². The summed E-state index contributed by atoms with van der Waals surface area (Å²) in [5.74, 6) is 0.458. The first-order chi connectivity index (χ1) is 13.0. The molecule has 0 radical (unpaired) electrons. The number of carbonyl (C=O) groups excluding carboxylic acids is 2. The highest BCUT2D eigenvalue weighted by molar-refractivity contribution is 9.10. The molecule has 3 rings (SSSR count). The minimum absolute atomic E-state index is 0.0339. The maximum absolute atomic E-state index is 12.3. The molecule has 0 spiro atoms. The second-order valence-corrected chi connectivity index (χ2v) is 7.72. The van der Waals surface area contributed by atoms with E-state index < -0.39 is 0 Å². The molecule has 1 aliphatic heterocycles. The summed E-state index contributed by atoms with van der Waals surface area (Å²) in [6.07, 6.45) is 3.08. The Bertz CT molecular complexity index is 790. The Kier molecular flexibility index (Phi) is 6.68. The van der Waals surface area contributed by atoms with Crippen LogP contribution in [0.1, 0.15) is 12.8 Å². The minimum Gasteiger partial charge on any atom is -0.357 e. The molecule has 6 nitrogen and oxygen atoms in total. The lowest BCUT2D eigenvalue weighted by molar-refractivity contribution is -0.127. The smallest absolute Gasteiger partial charge is 0.243 e. The first-order valence-corrected chi connectivity index (χ1v) is 9.88. The van der Waals surface area contributed by atoms with Crippen LogP contribution in [0.3, 0.4) is 0 Å². The zero-order valence-electron chi connectivity index (χ0n) is 14.6. The highest BCUT2D eigenvalue weighted by Crippen LogP contribution is 2.22. The lowest BCUT2D eigenvalue weighted by atomic mass is 9.96. The van der Waals surface area contributed by atoms with Gasteiger partial charge in [-0.1, -0.05) is 27.5 Å². The van der Waals surface area contributed by atoms with Gasteiger partial charge in [-0.3, -0.25) is 9.59 Å². The molecule has 0 aliphatic carbocycles. The molecule has 8 heteroatoms. The molecule has 0 saturated carbocycles. The molecule has 2 aromatic rings. The molecule has 0 unspecified atom stereocenters. The van der Waals surface area contributed by atoms with Crippen LogP contribution in [0.15, 0.2) is 47.1 Å². The second kappa shape index (κ2) is 9.19. The van der Waals surface area contributed by atoms with Gasteiger partial charge in [-0.2, -0.15) is 0 Å². The third-order valence-electron chi connectivity index (χ3n) is 4.45. The lowest BCUT2D eigenvalue weighted by Crippen LogP contribution is -2.42. The van der Waals surface area contributed by atoms with Gasteiger partial charge in [0.05, 0.1) is 11.6 Å². The van der Waals surface area contributed by atoms with Crippen LogP contribution < -0.4 is 15.5 Å². The first kappa shape index (κ1) is 19.6. The van der Waals surface area contributed by atoms with E-state index in [-0.39, 0.29) is 24.3 Å². The van der Waals surface area contributed by atoms with Gasteiger partial charge in [-0.15, -0.1) is 0 Å². The fourth-order valence-electron chi connectivity index (χ4n) is 2.98. The lowest BCUT2D eigenvalue weighted by Gasteiger charge is -2.32. The Morgan fingerprint density at radius 1 is 1.15 bits per heavy atom. The Morgan fingerprint density at radius 3 is 2.48 bits per heavy atom. The summed E-state index contributed by atoms with van der Waals surface area (Å²) >= 11 is 9.21. The molecule has 1 aliphatic rings. The monoisotopic (exact) mass is 450 g/mol. The van der Waals surface area contributed by atoms with Crippen LogP contribution in [0.25, 0.3) is 0 Å². The van der Waals surface area contributed by atoms with Crippen LogP contribution in [0.5, 0.6) is 0 Å². The summed E-state index contributed by atoms with van der Waals surface area (Å²) in [4.78, 5) is 30.8. The maximum Gasteiger partial charge on any atom is 0.243 e. The number of aromatic nitrogens is 1. The molecule has 2 N–H and O–H groups in total. The van der Waals surface area contributed by atoms with E-state index in [0.717, 1.165) is 36.2 Å². The Hall–Kier alpha value is -2.12. The predicted octanol–water partition coefficient (Wildman–Crippen LogP) is 3.47. The van der Waals surface area contributed by atoms with Crippen LogP contribution in [0, 0.1) is 5.92 Å². The molecule has 0 atom stereocenters. The fourth-order valence-corrected chi connectivity index (χ4v) is 3.35. The van der Waals surface area contributed by atoms with Gasteiger partial charge < -0.3 is 15.5 Å². The van der Waals surface area contributed by atoms with Crippen molar-refractivity contribution in [2.45, 2.75) is 12.8 Å². The zero-order chi connectivity index (χ0) is 19.2. The minimum atomic E-state index is -0.242. The number of rotatable bonds is 5. The van der Waals surface area contributed by atoms with Crippen LogP contribution >= 0.6 is 27.5 Å². The van der Waals surface area contributed by atoms with E-state index in [4.69, 9.17) is 11.6 Å². The predicted molar refractivity (Wildman–Crippen MR) is 110 cm³/mol. The van der Waals surface area contributed by atoms with E-state index in [1.165, 1.54) is 0 Å². The summed E-state index contributed by atoms with van der Waals surface area (Å²) in [5, 5.41) is 6.10. The number of pyridine rings is 1. The molecule has 1 aromatic carbocycles. The maximum atomic E-state index is 12.3. The van der Waals surface area contributed by atoms with Crippen molar-refractivity contribution in [1.29, 1.82) is 0 Å². The molecule has 2 heterocycles. The number of amides is 2. The van der Waals surface area contributed by atoms with Gasteiger partial charge in [0.1, 0.15) is 5.82 Å². The fraction of sp³-hybridized carbons (Fsp3) is 0.316. The molecule has 1 fully saturated rings. The van der Waals surface area contributed by atoms with Gasteiger partial charge in [0.25, 0.3) is 0 Å². The van der Waals surface area contributed by atoms with Crippen LogP contribution in [0.2, 0.25) is 5.02 Å². The third-order valence-corrected chi connectivity index (χ3v) is 5.20. The Balaban J connectivity index is 1.42. The van der Waals surface area contributed by atoms with Crippen molar-refractivity contribution >= 4 is 50.9 Å². The Morgan fingerprint density at radius 2 is 1.85 bits per heavy atom. The number of nitrogens with one attached hydrogen (secondary N) is 2. The normalized spacial score (nSPS) is 14.7. The summed E-state index contributed by atoms with van der Waals surface area (Å²) in [6, 6.07) is 11.0. The number of anilines is 2. The number of benzene rings is 1. The summed E-state index contributed by atoms with van der Waals surface area (Å²) in [5.41, 5.74) is 0.696. The number of carbonyl (C=O) groups is 2. The van der Waals surface area contributed by atoms with Gasteiger partial charge in [-0.25, -0.2) is 4.98 Å². The quantitative estimate of drug-likeness (QED) is 0.730. The second-order valence-electron chi connectivity index (χ2n) is 6.37.